The smallest absolute Gasteiger partial charge is 0.342 e. The fourth-order valence-corrected chi connectivity index (χ4v) is 3.71. The van der Waals surface area contributed by atoms with Crippen molar-refractivity contribution in [3.05, 3.63) is 63.6 Å². The van der Waals surface area contributed by atoms with Crippen molar-refractivity contribution in [2.75, 3.05) is 0 Å². The molecule has 0 spiro atoms. The molecule has 31 heavy (non-hydrogen) atoms. The van der Waals surface area contributed by atoms with Gasteiger partial charge in [0.1, 0.15) is 29.5 Å². The van der Waals surface area contributed by atoms with Crippen LogP contribution in [0.4, 0.5) is 0 Å². The summed E-state index contributed by atoms with van der Waals surface area (Å²) in [4.78, 5) is 24.7. The average molecular weight is 487 g/mol. The van der Waals surface area contributed by atoms with Gasteiger partial charge >= 0.3 is 5.97 Å². The minimum absolute atomic E-state index is 0.132. The number of ether oxygens (including phenoxy) is 2. The van der Waals surface area contributed by atoms with Gasteiger partial charge in [0.15, 0.2) is 0 Å². The molecule has 2 aromatic carbocycles. The molecule has 3 rings (SSSR count). The summed E-state index contributed by atoms with van der Waals surface area (Å²) in [6.45, 7) is 2.13. The van der Waals surface area contributed by atoms with E-state index in [4.69, 9.17) is 9.47 Å². The monoisotopic (exact) mass is 486 g/mol. The summed E-state index contributed by atoms with van der Waals surface area (Å²) in [7, 11) is 0. The summed E-state index contributed by atoms with van der Waals surface area (Å²) in [6, 6.07) is 10.9. The fraction of sp³-hybridized carbons (Fsp3) is 0.360. The van der Waals surface area contributed by atoms with Crippen LogP contribution in [0.5, 0.6) is 11.5 Å². The lowest BCUT2D eigenvalue weighted by Crippen LogP contribution is -2.17. The quantitative estimate of drug-likeness (QED) is 0.521. The predicted octanol–water partition coefficient (Wildman–Crippen LogP) is 6.22. The van der Waals surface area contributed by atoms with Gasteiger partial charge in [0.05, 0.1) is 6.10 Å². The van der Waals surface area contributed by atoms with E-state index in [2.05, 4.69) is 15.9 Å². The molecule has 0 saturated carbocycles. The summed E-state index contributed by atoms with van der Waals surface area (Å²) in [5.74, 6) is -0.0495. The van der Waals surface area contributed by atoms with Crippen molar-refractivity contribution in [2.24, 2.45) is 0 Å². The molecule has 1 atom stereocenters. The number of benzene rings is 2. The number of phenolic OH excluding ortho intramolecular Hbond substituents is 1. The van der Waals surface area contributed by atoms with Gasteiger partial charge in [-0.25, -0.2) is 4.79 Å². The number of fused-ring (bicyclic) bond motifs is 1. The van der Waals surface area contributed by atoms with Crippen LogP contribution in [0.1, 0.15) is 66.9 Å². The van der Waals surface area contributed by atoms with Gasteiger partial charge in [-0.05, 0) is 61.9 Å². The minimum atomic E-state index is -0.576. The molecule has 0 aliphatic carbocycles. The highest BCUT2D eigenvalue weighted by atomic mass is 79.9. The molecule has 0 fully saturated rings. The van der Waals surface area contributed by atoms with Crippen LogP contribution in [0, 0.1) is 0 Å². The molecule has 164 valence electrons. The Morgan fingerprint density at radius 2 is 1.87 bits per heavy atom. The molecule has 1 aliphatic heterocycles. The zero-order chi connectivity index (χ0) is 22.2. The molecule has 0 saturated heterocycles. The van der Waals surface area contributed by atoms with Crippen molar-refractivity contribution >= 4 is 33.8 Å². The molecule has 6 heteroatoms. The third-order valence-electron chi connectivity index (χ3n) is 5.14. The topological polar surface area (TPSA) is 72.8 Å². The van der Waals surface area contributed by atoms with Crippen molar-refractivity contribution < 1.29 is 24.2 Å². The lowest BCUT2D eigenvalue weighted by atomic mass is 10.0. The van der Waals surface area contributed by atoms with Crippen LogP contribution in [-0.4, -0.2) is 23.0 Å². The first-order valence-electron chi connectivity index (χ1n) is 10.6. The SMILES string of the molecule is C[C@@H]1CCCC(=O)CCCC=Cc2cc(OCc3ccc(Br)cc3)cc(O)c2C(=O)O1. The minimum Gasteiger partial charge on any atom is -0.507 e. The Labute approximate surface area is 191 Å². The molecule has 2 aromatic rings. The van der Waals surface area contributed by atoms with E-state index in [0.717, 1.165) is 16.5 Å². The molecule has 1 aliphatic rings. The zero-order valence-corrected chi connectivity index (χ0v) is 19.2. The molecule has 0 unspecified atom stereocenters. The molecule has 1 heterocycles. The maximum atomic E-state index is 12.8. The number of halogens is 1. The van der Waals surface area contributed by atoms with Crippen LogP contribution in [0.3, 0.4) is 0 Å². The third-order valence-corrected chi connectivity index (χ3v) is 5.67. The number of phenols is 1. The van der Waals surface area contributed by atoms with Crippen LogP contribution in [0.15, 0.2) is 46.9 Å². The molecule has 0 amide bonds. The number of hydrogen-bond acceptors (Lipinski definition) is 5. The highest BCUT2D eigenvalue weighted by Crippen LogP contribution is 2.31. The van der Waals surface area contributed by atoms with E-state index in [-0.39, 0.29) is 23.2 Å². The number of carbonyl (C=O) groups is 2. The Morgan fingerprint density at radius 1 is 1.13 bits per heavy atom. The second-order valence-electron chi connectivity index (χ2n) is 7.76. The Morgan fingerprint density at radius 3 is 2.65 bits per heavy atom. The predicted molar refractivity (Wildman–Crippen MR) is 123 cm³/mol. The lowest BCUT2D eigenvalue weighted by Gasteiger charge is -2.16. The highest BCUT2D eigenvalue weighted by Gasteiger charge is 2.21. The molecular formula is C25H27BrO5. The van der Waals surface area contributed by atoms with Gasteiger partial charge < -0.3 is 14.6 Å². The molecular weight excluding hydrogens is 460 g/mol. The summed E-state index contributed by atoms with van der Waals surface area (Å²) in [5, 5.41) is 10.6. The van der Waals surface area contributed by atoms with E-state index in [1.165, 1.54) is 6.07 Å². The van der Waals surface area contributed by atoms with Crippen LogP contribution < -0.4 is 4.74 Å². The summed E-state index contributed by atoms with van der Waals surface area (Å²) < 4.78 is 12.4. The largest absolute Gasteiger partial charge is 0.507 e. The maximum Gasteiger partial charge on any atom is 0.342 e. The highest BCUT2D eigenvalue weighted by molar-refractivity contribution is 9.10. The van der Waals surface area contributed by atoms with Crippen LogP contribution >= 0.6 is 15.9 Å². The number of ketones is 1. The molecule has 0 aromatic heterocycles. The van der Waals surface area contributed by atoms with Gasteiger partial charge in [-0.3, -0.25) is 4.79 Å². The maximum absolute atomic E-state index is 12.8. The third kappa shape index (κ3) is 6.96. The second-order valence-corrected chi connectivity index (χ2v) is 8.68. The molecule has 0 bridgehead atoms. The Kier molecular flexibility index (Phi) is 8.29. The first-order chi connectivity index (χ1) is 14.9. The summed E-state index contributed by atoms with van der Waals surface area (Å²) in [6.07, 6.45) is 7.17. The first kappa shape index (κ1) is 23.1. The summed E-state index contributed by atoms with van der Waals surface area (Å²) >= 11 is 3.41. The van der Waals surface area contributed by atoms with Gasteiger partial charge in [0, 0.05) is 23.4 Å². The zero-order valence-electron chi connectivity index (χ0n) is 17.6. The van der Waals surface area contributed by atoms with E-state index >= 15 is 0 Å². The normalized spacial score (nSPS) is 18.1. The van der Waals surface area contributed by atoms with Crippen molar-refractivity contribution in [1.29, 1.82) is 0 Å². The van der Waals surface area contributed by atoms with E-state index in [1.54, 1.807) is 19.1 Å². The van der Waals surface area contributed by atoms with E-state index < -0.39 is 5.97 Å². The van der Waals surface area contributed by atoms with Gasteiger partial charge in [-0.2, -0.15) is 0 Å². The van der Waals surface area contributed by atoms with Crippen molar-refractivity contribution in [2.45, 2.75) is 58.2 Å². The van der Waals surface area contributed by atoms with Crippen molar-refractivity contribution in [3.63, 3.8) is 0 Å². The Hall–Kier alpha value is -2.60. The molecule has 5 nitrogen and oxygen atoms in total. The Balaban J connectivity index is 1.84. The van der Waals surface area contributed by atoms with Gasteiger partial charge in [-0.1, -0.05) is 40.2 Å². The second kappa shape index (κ2) is 11.1. The van der Waals surface area contributed by atoms with E-state index in [0.29, 0.717) is 50.0 Å². The summed E-state index contributed by atoms with van der Waals surface area (Å²) in [5.41, 5.74) is 1.65. The van der Waals surface area contributed by atoms with Gasteiger partial charge in [-0.15, -0.1) is 0 Å². The fourth-order valence-electron chi connectivity index (χ4n) is 3.45. The van der Waals surface area contributed by atoms with E-state index in [1.807, 2.05) is 30.3 Å². The molecule has 1 N–H and O–H groups in total. The van der Waals surface area contributed by atoms with Gasteiger partial charge in [0.2, 0.25) is 0 Å². The van der Waals surface area contributed by atoms with Crippen LogP contribution in [0.25, 0.3) is 6.08 Å². The number of cyclic esters (lactones) is 1. The number of allylic oxidation sites excluding steroid dienone is 1. The van der Waals surface area contributed by atoms with Gasteiger partial charge in [0.25, 0.3) is 0 Å². The lowest BCUT2D eigenvalue weighted by molar-refractivity contribution is -0.119. The van der Waals surface area contributed by atoms with Crippen LogP contribution in [0.2, 0.25) is 0 Å². The van der Waals surface area contributed by atoms with Crippen molar-refractivity contribution in [3.8, 4) is 11.5 Å². The Bertz CT molecular complexity index is 949. The number of esters is 1. The number of hydrogen-bond donors (Lipinski definition) is 1. The standard InChI is InChI=1S/C25H27BrO5/c1-17-6-5-9-21(27)8-4-2-3-7-19-14-22(15-23(28)24(19)25(29)31-17)30-16-18-10-12-20(26)13-11-18/h3,7,10-15,17,28H,2,4-6,8-9,16H2,1H3/t17-/m1/s1. The van der Waals surface area contributed by atoms with Crippen LogP contribution in [-0.2, 0) is 16.1 Å². The first-order valence-corrected chi connectivity index (χ1v) is 11.3. The van der Waals surface area contributed by atoms with E-state index in [9.17, 15) is 14.7 Å². The molecule has 0 radical (unpaired) electrons. The average Bonchev–Trinajstić information content (AvgIpc) is 2.72. The van der Waals surface area contributed by atoms with Crippen molar-refractivity contribution in [1.82, 2.24) is 0 Å². The number of rotatable bonds is 3. The number of carbonyl (C=O) groups excluding carboxylic acids is 2. The number of Topliss-reactive ketones (excluding diaryl/α,β-unsaturated/α-hetero) is 1. The number of aromatic hydroxyl groups is 1.